The largest absolute Gasteiger partial charge is 0.443 e. The van der Waals surface area contributed by atoms with Crippen molar-refractivity contribution in [3.05, 3.63) is 49.5 Å². The van der Waals surface area contributed by atoms with E-state index in [0.29, 0.717) is 15.8 Å². The molecule has 1 saturated heterocycles. The van der Waals surface area contributed by atoms with Gasteiger partial charge in [-0.3, -0.25) is 24.5 Å². The molecule has 16 heteroatoms. The van der Waals surface area contributed by atoms with E-state index in [1.165, 1.54) is 28.7 Å². The summed E-state index contributed by atoms with van der Waals surface area (Å²) < 4.78 is 5.74. The van der Waals surface area contributed by atoms with Crippen LogP contribution in [-0.4, -0.2) is 62.6 Å². The maximum atomic E-state index is 13.4. The molecule has 0 aliphatic carbocycles. The first-order chi connectivity index (χ1) is 20.0. The number of likely N-dealkylation sites (N-methyl/N-ethyl adjacent to an activating group) is 1. The summed E-state index contributed by atoms with van der Waals surface area (Å²) in [4.78, 5) is 79.0. The minimum atomic E-state index is -0.861. The number of hydrogen-bond acceptors (Lipinski definition) is 11. The number of aryl methyl sites for hydroxylation is 1. The van der Waals surface area contributed by atoms with Crippen molar-refractivity contribution in [2.24, 2.45) is 5.92 Å². The van der Waals surface area contributed by atoms with Gasteiger partial charge in [-0.1, -0.05) is 20.3 Å². The second kappa shape index (κ2) is 11.6. The molecule has 5 rings (SSSR count). The quantitative estimate of drug-likeness (QED) is 0.320. The number of nitrogens with one attached hydrogen (secondary N) is 4. The molecule has 0 saturated carbocycles. The van der Waals surface area contributed by atoms with E-state index in [2.05, 4.69) is 36.2 Å². The molecule has 5 atom stereocenters. The second-order valence-electron chi connectivity index (χ2n) is 10.3. The van der Waals surface area contributed by atoms with Crippen molar-refractivity contribution in [2.45, 2.75) is 64.7 Å². The molecule has 5 heterocycles. The zero-order valence-corrected chi connectivity index (χ0v) is 25.1. The van der Waals surface area contributed by atoms with E-state index in [1.807, 2.05) is 13.8 Å². The van der Waals surface area contributed by atoms with Crippen LogP contribution in [0.3, 0.4) is 0 Å². The molecular weight excluding hydrogens is 584 g/mol. The maximum Gasteiger partial charge on any atom is 0.324 e. The Morgan fingerprint density at radius 3 is 2.24 bits per heavy atom. The number of amides is 6. The maximum absolute atomic E-state index is 13.4. The fraction of sp³-hybridized carbons (Fsp3) is 0.462. The lowest BCUT2D eigenvalue weighted by Gasteiger charge is -2.23. The number of carbonyl (C=O) groups excluding carboxylic acids is 5. The van der Waals surface area contributed by atoms with Crippen LogP contribution in [0.15, 0.2) is 15.2 Å². The van der Waals surface area contributed by atoms with Gasteiger partial charge in [0.1, 0.15) is 39.2 Å². The molecule has 3 aromatic heterocycles. The molecule has 222 valence electrons. The van der Waals surface area contributed by atoms with Crippen molar-refractivity contribution in [3.8, 4) is 0 Å². The van der Waals surface area contributed by atoms with Crippen molar-refractivity contribution in [1.29, 1.82) is 0 Å². The van der Waals surface area contributed by atoms with Gasteiger partial charge < -0.3 is 25.3 Å². The highest BCUT2D eigenvalue weighted by atomic mass is 32.1. The van der Waals surface area contributed by atoms with Crippen molar-refractivity contribution in [1.82, 2.24) is 41.1 Å². The number of oxazole rings is 1. The molecule has 14 nitrogen and oxygen atoms in total. The van der Waals surface area contributed by atoms with Crippen LogP contribution in [0.1, 0.15) is 105 Å². The van der Waals surface area contributed by atoms with Crippen LogP contribution < -0.4 is 21.3 Å². The van der Waals surface area contributed by atoms with Gasteiger partial charge >= 0.3 is 6.03 Å². The Kier molecular flexibility index (Phi) is 8.10. The van der Waals surface area contributed by atoms with Crippen molar-refractivity contribution >= 4 is 52.3 Å². The summed E-state index contributed by atoms with van der Waals surface area (Å²) in [5.74, 6) is -1.59. The fourth-order valence-electron chi connectivity index (χ4n) is 4.66. The van der Waals surface area contributed by atoms with Gasteiger partial charge in [-0.2, -0.15) is 0 Å². The van der Waals surface area contributed by atoms with Crippen LogP contribution >= 0.6 is 22.7 Å². The number of imide groups is 1. The fourth-order valence-corrected chi connectivity index (χ4v) is 6.50. The Morgan fingerprint density at radius 1 is 0.952 bits per heavy atom. The second-order valence-corrected chi connectivity index (χ2v) is 12.1. The van der Waals surface area contributed by atoms with Gasteiger partial charge in [-0.05, 0) is 19.8 Å². The van der Waals surface area contributed by atoms with Gasteiger partial charge in [0, 0.05) is 24.2 Å². The zero-order valence-electron chi connectivity index (χ0n) is 23.5. The van der Waals surface area contributed by atoms with Crippen LogP contribution in [-0.2, 0) is 4.79 Å². The average Bonchev–Trinajstić information content (AvgIpc) is 3.75. The molecular formula is C26H30N8O6S2. The summed E-state index contributed by atoms with van der Waals surface area (Å²) in [7, 11) is 1.49. The average molecular weight is 615 g/mol. The van der Waals surface area contributed by atoms with Crippen molar-refractivity contribution < 1.29 is 28.4 Å². The summed E-state index contributed by atoms with van der Waals surface area (Å²) in [6.07, 6.45) is 0.744. The molecule has 1 fully saturated rings. The van der Waals surface area contributed by atoms with Crippen LogP contribution in [0.5, 0.6) is 0 Å². The van der Waals surface area contributed by atoms with Gasteiger partial charge in [0.05, 0.1) is 12.1 Å². The first-order valence-electron chi connectivity index (χ1n) is 13.3. The Balaban J connectivity index is 1.55. The monoisotopic (exact) mass is 614 g/mol. The van der Waals surface area contributed by atoms with Gasteiger partial charge in [0.2, 0.25) is 5.89 Å². The third-order valence-corrected chi connectivity index (χ3v) is 9.29. The number of hydrogen-bond donors (Lipinski definition) is 4. The molecule has 0 aromatic carbocycles. The van der Waals surface area contributed by atoms with Gasteiger partial charge in [-0.15, -0.1) is 22.7 Å². The molecule has 2 aliphatic rings. The lowest BCUT2D eigenvalue weighted by Crippen LogP contribution is -2.38. The molecule has 5 unspecified atom stereocenters. The molecule has 3 aromatic rings. The van der Waals surface area contributed by atoms with Crippen LogP contribution in [0.4, 0.5) is 4.79 Å². The summed E-state index contributed by atoms with van der Waals surface area (Å²) in [5, 5.41) is 15.0. The van der Waals surface area contributed by atoms with E-state index < -0.39 is 53.8 Å². The van der Waals surface area contributed by atoms with E-state index in [-0.39, 0.29) is 35.3 Å². The molecule has 6 bridgehead atoms. The highest BCUT2D eigenvalue weighted by Crippen LogP contribution is 2.30. The Morgan fingerprint density at radius 2 is 1.60 bits per heavy atom. The minimum absolute atomic E-state index is 0.0195. The lowest BCUT2D eigenvalue weighted by atomic mass is 9.99. The third-order valence-electron chi connectivity index (χ3n) is 7.40. The van der Waals surface area contributed by atoms with Crippen LogP contribution in [0, 0.1) is 12.8 Å². The number of urea groups is 1. The summed E-state index contributed by atoms with van der Waals surface area (Å²) >= 11 is 2.37. The molecule has 2 aliphatic heterocycles. The molecule has 0 spiro atoms. The van der Waals surface area contributed by atoms with E-state index in [0.717, 1.165) is 17.8 Å². The molecule has 42 heavy (non-hydrogen) atoms. The Labute approximate surface area is 248 Å². The number of thiazole rings is 2. The lowest BCUT2D eigenvalue weighted by molar-refractivity contribution is -0.121. The number of aromatic nitrogens is 3. The zero-order chi connectivity index (χ0) is 30.3. The topological polar surface area (TPSA) is 189 Å². The van der Waals surface area contributed by atoms with E-state index >= 15 is 0 Å². The number of rotatable bonds is 4. The molecule has 6 amide bonds. The van der Waals surface area contributed by atoms with Gasteiger partial charge in [0.15, 0.2) is 5.69 Å². The first kappa shape index (κ1) is 29.3. The van der Waals surface area contributed by atoms with Crippen LogP contribution in [0.2, 0.25) is 0 Å². The number of fused-ring (bicyclic) bond motifs is 6. The minimum Gasteiger partial charge on any atom is -0.443 e. The number of carbonyl (C=O) groups is 5. The predicted molar refractivity (Wildman–Crippen MR) is 151 cm³/mol. The summed E-state index contributed by atoms with van der Waals surface area (Å²) in [6, 6.07) is -3.43. The molecule has 0 radical (unpaired) electrons. The van der Waals surface area contributed by atoms with Gasteiger partial charge in [0.25, 0.3) is 23.6 Å². The highest BCUT2D eigenvalue weighted by molar-refractivity contribution is 7.10. The smallest absolute Gasteiger partial charge is 0.324 e. The van der Waals surface area contributed by atoms with E-state index in [1.54, 1.807) is 19.2 Å². The predicted octanol–water partition coefficient (Wildman–Crippen LogP) is 2.63. The highest BCUT2D eigenvalue weighted by Gasteiger charge is 2.39. The number of nitrogens with zero attached hydrogens (tertiary/aromatic N) is 4. The van der Waals surface area contributed by atoms with Crippen LogP contribution in [0.25, 0.3) is 0 Å². The standard InChI is InChI=1S/C26H30N8O6S2/c1-6-10(2)17-25-30-15(9-42-25)20(36)28-13(7-16-21(37)33-26(39)34(16)5)24-29-14(8-41-24)19(35)27-11(3)23-32-18(12(4)40-23)22(38)31-17/h8-11,13,16-17H,6-7H2,1-5H3,(H,27,35)(H,28,36)(H,31,38)(H,33,37,39). The van der Waals surface area contributed by atoms with E-state index in [4.69, 9.17) is 4.42 Å². The first-order valence-corrected chi connectivity index (χ1v) is 15.1. The Hall–Kier alpha value is -4.18. The Bertz CT molecular complexity index is 1560. The third kappa shape index (κ3) is 5.63. The summed E-state index contributed by atoms with van der Waals surface area (Å²) in [5.41, 5.74) is 0.288. The normalized spacial score (nSPS) is 23.9. The van der Waals surface area contributed by atoms with Gasteiger partial charge in [-0.25, -0.2) is 19.7 Å². The SMILES string of the molecule is CCC(C)C1NC(=O)c2nc(oc2C)C(C)NC(=O)c2csc(n2)C(CC2C(=O)NC(=O)N2C)NC(=O)c2csc1n2. The van der Waals surface area contributed by atoms with E-state index in [9.17, 15) is 24.0 Å². The van der Waals surface area contributed by atoms with Crippen molar-refractivity contribution in [3.63, 3.8) is 0 Å². The summed E-state index contributed by atoms with van der Waals surface area (Å²) in [6.45, 7) is 7.25. The molecule has 4 N–H and O–H groups in total. The van der Waals surface area contributed by atoms with Crippen molar-refractivity contribution in [2.75, 3.05) is 7.05 Å².